The molecule has 1 amide bonds. The minimum atomic E-state index is -3.62. The van der Waals surface area contributed by atoms with Crippen molar-refractivity contribution >= 4 is 39.3 Å². The molecule has 10 nitrogen and oxygen atoms in total. The van der Waals surface area contributed by atoms with Gasteiger partial charge in [-0.2, -0.15) is 4.31 Å². The number of methoxy groups -OCH3 is 1. The monoisotopic (exact) mass is 514 g/mol. The summed E-state index contributed by atoms with van der Waals surface area (Å²) in [5.41, 5.74) is 1.58. The van der Waals surface area contributed by atoms with E-state index in [0.717, 1.165) is 17.2 Å². The number of anilines is 1. The van der Waals surface area contributed by atoms with Gasteiger partial charge in [-0.25, -0.2) is 18.2 Å². The maximum Gasteiger partial charge on any atom is 0.412 e. The molecule has 1 fully saturated rings. The van der Waals surface area contributed by atoms with Gasteiger partial charge in [-0.3, -0.25) is 5.32 Å². The van der Waals surface area contributed by atoms with Crippen LogP contribution in [0.15, 0.2) is 47.5 Å². The van der Waals surface area contributed by atoms with E-state index in [-0.39, 0.29) is 23.5 Å². The molecule has 1 N–H and O–H groups in total. The third-order valence-corrected chi connectivity index (χ3v) is 8.08. The second-order valence-corrected chi connectivity index (χ2v) is 10.8. The molecule has 1 aliphatic rings. The highest BCUT2D eigenvalue weighted by Crippen LogP contribution is 2.36. The number of carbonyl (C=O) groups is 2. The number of piperidine rings is 1. The van der Waals surface area contributed by atoms with Crippen LogP contribution < -0.4 is 10.1 Å². The van der Waals surface area contributed by atoms with E-state index in [1.54, 1.807) is 34.9 Å². The van der Waals surface area contributed by atoms with E-state index in [2.05, 4.69) is 15.0 Å². The maximum atomic E-state index is 13.2. The molecule has 36 heavy (non-hydrogen) atoms. The molecule has 3 aromatic rings. The lowest BCUT2D eigenvalue weighted by Gasteiger charge is -2.31. The molecular formula is C25H30N4O6S. The summed E-state index contributed by atoms with van der Waals surface area (Å²) in [5, 5.41) is 3.41. The van der Waals surface area contributed by atoms with Gasteiger partial charge < -0.3 is 18.8 Å². The number of amides is 1. The van der Waals surface area contributed by atoms with Crippen molar-refractivity contribution in [2.24, 2.45) is 0 Å². The van der Waals surface area contributed by atoms with Gasteiger partial charge in [-0.15, -0.1) is 0 Å². The molecule has 1 aliphatic heterocycles. The van der Waals surface area contributed by atoms with Crippen LogP contribution in [0.5, 0.6) is 5.75 Å². The van der Waals surface area contributed by atoms with Crippen molar-refractivity contribution in [3.8, 4) is 5.75 Å². The number of pyridine rings is 1. The summed E-state index contributed by atoms with van der Waals surface area (Å²) < 4.78 is 39.9. The zero-order valence-electron chi connectivity index (χ0n) is 20.5. The number of benzene rings is 1. The van der Waals surface area contributed by atoms with Crippen molar-refractivity contribution < 1.29 is 27.5 Å². The number of carbonyl (C=O) groups excluding carboxylic acids is 2. The van der Waals surface area contributed by atoms with E-state index in [1.165, 1.54) is 11.4 Å². The zero-order chi connectivity index (χ0) is 25.9. The summed E-state index contributed by atoms with van der Waals surface area (Å²) in [7, 11) is -2.35. The van der Waals surface area contributed by atoms with Gasteiger partial charge in [-0.05, 0) is 74.6 Å². The van der Waals surface area contributed by atoms with Crippen LogP contribution in [0.4, 0.5) is 10.6 Å². The number of aromatic nitrogens is 2. The zero-order valence-corrected chi connectivity index (χ0v) is 21.3. The van der Waals surface area contributed by atoms with Gasteiger partial charge in [0.25, 0.3) is 0 Å². The number of nitrogens with zero attached hydrogens (tertiary/aromatic N) is 3. The molecule has 0 atom stereocenters. The summed E-state index contributed by atoms with van der Waals surface area (Å²) in [6, 6.07) is 10.1. The molecule has 0 spiro atoms. The summed E-state index contributed by atoms with van der Waals surface area (Å²) in [4.78, 5) is 27.5. The third-order valence-electron chi connectivity index (χ3n) is 6.17. The van der Waals surface area contributed by atoms with Crippen molar-refractivity contribution in [2.45, 2.75) is 50.2 Å². The first kappa shape index (κ1) is 25.6. The molecule has 0 saturated carbocycles. The Hall–Kier alpha value is -3.44. The Labute approximate surface area is 210 Å². The van der Waals surface area contributed by atoms with Gasteiger partial charge in [0.1, 0.15) is 23.5 Å². The Morgan fingerprint density at radius 1 is 1.17 bits per heavy atom. The quantitative estimate of drug-likeness (QED) is 0.454. The number of ether oxygens (including phenoxy) is 2. The van der Waals surface area contributed by atoms with E-state index in [4.69, 9.17) is 4.74 Å². The fourth-order valence-corrected chi connectivity index (χ4v) is 5.95. The van der Waals surface area contributed by atoms with Gasteiger partial charge in [0.2, 0.25) is 10.0 Å². The molecule has 1 aromatic carbocycles. The molecule has 0 aliphatic carbocycles. The predicted molar refractivity (Wildman–Crippen MR) is 135 cm³/mol. The van der Waals surface area contributed by atoms with Gasteiger partial charge >= 0.3 is 6.09 Å². The molecule has 0 radical (unpaired) electrons. The van der Waals surface area contributed by atoms with Crippen molar-refractivity contribution in [1.82, 2.24) is 13.9 Å². The van der Waals surface area contributed by atoms with Crippen LogP contribution in [0.2, 0.25) is 0 Å². The molecule has 3 heterocycles. The number of aldehydes is 1. The first-order valence-corrected chi connectivity index (χ1v) is 13.2. The highest BCUT2D eigenvalue weighted by molar-refractivity contribution is 7.89. The number of rotatable bonds is 8. The third kappa shape index (κ3) is 5.36. The molecular weight excluding hydrogens is 484 g/mol. The fourth-order valence-electron chi connectivity index (χ4n) is 4.48. The van der Waals surface area contributed by atoms with Crippen molar-refractivity contribution in [2.75, 3.05) is 25.5 Å². The van der Waals surface area contributed by atoms with Crippen LogP contribution in [-0.2, 0) is 26.1 Å². The summed E-state index contributed by atoms with van der Waals surface area (Å²) >= 11 is 0. The summed E-state index contributed by atoms with van der Waals surface area (Å²) in [6.07, 6.45) is 3.33. The molecule has 4 rings (SSSR count). The number of fused-ring (bicyclic) bond motifs is 1. The standard InChI is InChI=1S/C25H30N4O6S/c1-17(2)35-19-4-6-20(7-5-19)36(32,33)29-12-10-18(11-13-29)22-16-28(14-15-30)24-21(22)8-9-23(26-24)27-25(31)34-3/h4-9,15-18H,10-14H2,1-3H3,(H,26,27,31). The number of sulfonamides is 1. The Balaban J connectivity index is 1.52. The van der Waals surface area contributed by atoms with E-state index in [9.17, 15) is 18.0 Å². The molecule has 11 heteroatoms. The molecule has 2 aromatic heterocycles. The van der Waals surface area contributed by atoms with Gasteiger partial charge in [0.15, 0.2) is 0 Å². The molecule has 192 valence electrons. The molecule has 0 unspecified atom stereocenters. The van der Waals surface area contributed by atoms with E-state index < -0.39 is 16.1 Å². The lowest BCUT2D eigenvalue weighted by atomic mass is 9.90. The SMILES string of the molecule is COC(=O)Nc1ccc2c(C3CCN(S(=O)(=O)c4ccc(OC(C)C)cc4)CC3)cn(CC=O)c2n1. The Morgan fingerprint density at radius 3 is 2.47 bits per heavy atom. The predicted octanol–water partition coefficient (Wildman–Crippen LogP) is 3.77. The van der Waals surface area contributed by atoms with Crippen LogP contribution >= 0.6 is 0 Å². The summed E-state index contributed by atoms with van der Waals surface area (Å²) in [5.74, 6) is 1.06. The van der Waals surface area contributed by atoms with Gasteiger partial charge in [0.05, 0.1) is 24.7 Å². The maximum absolute atomic E-state index is 13.2. The minimum absolute atomic E-state index is 0.00913. The Bertz CT molecular complexity index is 1340. The fraction of sp³-hybridized carbons (Fsp3) is 0.400. The highest BCUT2D eigenvalue weighted by atomic mass is 32.2. The number of hydrogen-bond donors (Lipinski definition) is 1. The van der Waals surface area contributed by atoms with Crippen molar-refractivity contribution in [3.05, 3.63) is 48.2 Å². The second-order valence-electron chi connectivity index (χ2n) is 8.90. The largest absolute Gasteiger partial charge is 0.491 e. The van der Waals surface area contributed by atoms with Crippen LogP contribution in [0.25, 0.3) is 11.0 Å². The average molecular weight is 515 g/mol. The van der Waals surface area contributed by atoms with E-state index in [0.29, 0.717) is 43.1 Å². The Kier molecular flexibility index (Phi) is 7.60. The lowest BCUT2D eigenvalue weighted by Crippen LogP contribution is -2.37. The van der Waals surface area contributed by atoms with Gasteiger partial charge in [-0.1, -0.05) is 0 Å². The first-order chi connectivity index (χ1) is 17.2. The minimum Gasteiger partial charge on any atom is -0.491 e. The Morgan fingerprint density at radius 2 is 1.86 bits per heavy atom. The van der Waals surface area contributed by atoms with Crippen LogP contribution in [0, 0.1) is 0 Å². The van der Waals surface area contributed by atoms with Crippen LogP contribution in [0.3, 0.4) is 0 Å². The van der Waals surface area contributed by atoms with Crippen molar-refractivity contribution in [3.63, 3.8) is 0 Å². The van der Waals surface area contributed by atoms with E-state index in [1.807, 2.05) is 26.1 Å². The topological polar surface area (TPSA) is 120 Å². The number of nitrogens with one attached hydrogen (secondary N) is 1. The molecule has 0 bridgehead atoms. The van der Waals surface area contributed by atoms with E-state index >= 15 is 0 Å². The van der Waals surface area contributed by atoms with Crippen LogP contribution in [-0.4, -0.2) is 61.0 Å². The highest BCUT2D eigenvalue weighted by Gasteiger charge is 2.31. The number of hydrogen-bond acceptors (Lipinski definition) is 7. The average Bonchev–Trinajstić information content (AvgIpc) is 3.22. The van der Waals surface area contributed by atoms with Crippen LogP contribution in [0.1, 0.15) is 38.2 Å². The molecule has 1 saturated heterocycles. The first-order valence-electron chi connectivity index (χ1n) is 11.8. The lowest BCUT2D eigenvalue weighted by molar-refractivity contribution is -0.108. The van der Waals surface area contributed by atoms with Gasteiger partial charge in [0, 0.05) is 24.7 Å². The second kappa shape index (κ2) is 10.7. The smallest absolute Gasteiger partial charge is 0.412 e. The van der Waals surface area contributed by atoms with Crippen molar-refractivity contribution in [1.29, 1.82) is 0 Å². The normalized spacial score (nSPS) is 15.2. The summed E-state index contributed by atoms with van der Waals surface area (Å²) in [6.45, 7) is 4.72.